The highest BCUT2D eigenvalue weighted by atomic mass is 32.2. The van der Waals surface area contributed by atoms with Gasteiger partial charge in [0.05, 0.1) is 4.88 Å². The molecule has 0 amide bonds. The number of hydrogen-bond acceptors (Lipinski definition) is 4. The van der Waals surface area contributed by atoms with Gasteiger partial charge < -0.3 is 5.32 Å². The first-order valence-corrected chi connectivity index (χ1v) is 10.3. The summed E-state index contributed by atoms with van der Waals surface area (Å²) < 4.78 is 0. The fraction of sp³-hybridized carbons (Fsp3) is 0.250. The van der Waals surface area contributed by atoms with E-state index >= 15 is 0 Å². The second kappa shape index (κ2) is 7.41. The molecule has 2 aromatic carbocycles. The summed E-state index contributed by atoms with van der Waals surface area (Å²) in [7, 11) is 0. The minimum Gasteiger partial charge on any atom is -0.369 e. The number of rotatable bonds is 5. The van der Waals surface area contributed by atoms with Crippen LogP contribution in [-0.4, -0.2) is 18.9 Å². The minimum absolute atomic E-state index is 0.947. The van der Waals surface area contributed by atoms with E-state index in [9.17, 15) is 0 Å². The van der Waals surface area contributed by atoms with Crippen molar-refractivity contribution in [1.82, 2.24) is 5.32 Å². The van der Waals surface area contributed by atoms with E-state index in [1.807, 2.05) is 11.8 Å². The second-order valence-corrected chi connectivity index (χ2v) is 7.82. The molecule has 1 aromatic heterocycles. The van der Waals surface area contributed by atoms with Crippen LogP contribution in [0, 0.1) is 0 Å². The van der Waals surface area contributed by atoms with Crippen LogP contribution in [0.5, 0.6) is 0 Å². The zero-order valence-electron chi connectivity index (χ0n) is 13.5. The predicted molar refractivity (Wildman–Crippen MR) is 107 cm³/mol. The van der Waals surface area contributed by atoms with Gasteiger partial charge in [0.15, 0.2) is 0 Å². The minimum atomic E-state index is 0.947. The third kappa shape index (κ3) is 3.35. The summed E-state index contributed by atoms with van der Waals surface area (Å²) >= 11 is 3.78. The number of hydrogen-bond donors (Lipinski definition) is 1. The average molecular weight is 353 g/mol. The smallest absolute Gasteiger partial charge is 0.138 e. The van der Waals surface area contributed by atoms with E-state index in [-0.39, 0.29) is 0 Å². The Hall–Kier alpha value is -1.78. The van der Waals surface area contributed by atoms with Gasteiger partial charge in [-0.2, -0.15) is 11.8 Å². The van der Waals surface area contributed by atoms with E-state index in [4.69, 9.17) is 0 Å². The van der Waals surface area contributed by atoms with E-state index < -0.39 is 0 Å². The molecule has 1 N–H and O–H groups in total. The average Bonchev–Trinajstić information content (AvgIpc) is 3.11. The highest BCUT2D eigenvalue weighted by molar-refractivity contribution is 7.97. The van der Waals surface area contributed by atoms with Crippen LogP contribution in [0.1, 0.15) is 22.4 Å². The molecular weight excluding hydrogens is 332 g/mol. The molecular formula is C20H20N2S2. The number of nitrogens with zero attached hydrogens (tertiary/aromatic N) is 1. The van der Waals surface area contributed by atoms with E-state index in [1.54, 1.807) is 11.3 Å². The Balaban J connectivity index is 1.46. The first kappa shape index (κ1) is 15.7. The van der Waals surface area contributed by atoms with Gasteiger partial charge in [-0.15, -0.1) is 11.3 Å². The van der Waals surface area contributed by atoms with E-state index in [1.165, 1.54) is 26.8 Å². The van der Waals surface area contributed by atoms with Crippen LogP contribution in [0.15, 0.2) is 58.9 Å². The molecule has 0 fully saturated rings. The van der Waals surface area contributed by atoms with Crippen LogP contribution in [0.3, 0.4) is 0 Å². The molecule has 0 atom stereocenters. The van der Waals surface area contributed by atoms with E-state index in [0.717, 1.165) is 36.9 Å². The molecule has 1 aliphatic heterocycles. The summed E-state index contributed by atoms with van der Waals surface area (Å²) in [6.45, 7) is 1.99. The quantitative estimate of drug-likeness (QED) is 0.693. The first-order valence-electron chi connectivity index (χ1n) is 8.31. The van der Waals surface area contributed by atoms with Crippen molar-refractivity contribution >= 4 is 39.7 Å². The van der Waals surface area contributed by atoms with Gasteiger partial charge in [-0.1, -0.05) is 42.5 Å². The largest absolute Gasteiger partial charge is 0.369 e. The Morgan fingerprint density at radius 1 is 1.00 bits per heavy atom. The Morgan fingerprint density at radius 2 is 1.88 bits per heavy atom. The lowest BCUT2D eigenvalue weighted by molar-refractivity contribution is 0.743. The first-order chi connectivity index (χ1) is 11.9. The van der Waals surface area contributed by atoms with Crippen molar-refractivity contribution in [2.24, 2.45) is 4.99 Å². The lowest BCUT2D eigenvalue weighted by Crippen LogP contribution is -2.30. The lowest BCUT2D eigenvalue weighted by atomic mass is 10.1. The molecule has 0 spiro atoms. The van der Waals surface area contributed by atoms with Crippen LogP contribution in [-0.2, 0) is 11.5 Å². The summed E-state index contributed by atoms with van der Waals surface area (Å²) in [4.78, 5) is 5.97. The molecule has 3 aromatic rings. The molecule has 1 aliphatic rings. The highest BCUT2D eigenvalue weighted by Gasteiger charge is 2.13. The maximum atomic E-state index is 4.65. The Morgan fingerprint density at radius 3 is 2.79 bits per heavy atom. The third-order valence-corrected chi connectivity index (χ3v) is 6.25. The molecule has 0 radical (unpaired) electrons. The molecule has 0 saturated heterocycles. The van der Waals surface area contributed by atoms with Crippen molar-refractivity contribution in [1.29, 1.82) is 0 Å². The molecule has 2 heterocycles. The van der Waals surface area contributed by atoms with Crippen molar-refractivity contribution in [3.8, 4) is 0 Å². The van der Waals surface area contributed by atoms with Gasteiger partial charge in [-0.3, -0.25) is 4.99 Å². The van der Waals surface area contributed by atoms with Gasteiger partial charge in [0.1, 0.15) is 5.84 Å². The molecule has 2 nitrogen and oxygen atoms in total. The third-order valence-electron chi connectivity index (χ3n) is 4.25. The Kier molecular flexibility index (Phi) is 4.86. The number of aliphatic imine (C=N–C) groups is 1. The molecule has 0 unspecified atom stereocenters. The van der Waals surface area contributed by atoms with Gasteiger partial charge in [-0.25, -0.2) is 0 Å². The summed E-state index contributed by atoms with van der Waals surface area (Å²) in [5.74, 6) is 3.16. The van der Waals surface area contributed by atoms with Gasteiger partial charge in [0, 0.05) is 24.6 Å². The van der Waals surface area contributed by atoms with Crippen LogP contribution in [0.2, 0.25) is 0 Å². The Bertz CT molecular complexity index is 861. The molecule has 0 aliphatic carbocycles. The number of thioether (sulfide) groups is 1. The number of thiophene rings is 1. The molecule has 122 valence electrons. The fourth-order valence-corrected chi connectivity index (χ4v) is 5.06. The zero-order chi connectivity index (χ0) is 16.2. The topological polar surface area (TPSA) is 24.4 Å². The van der Waals surface area contributed by atoms with Crippen molar-refractivity contribution < 1.29 is 0 Å². The van der Waals surface area contributed by atoms with Crippen molar-refractivity contribution in [3.05, 3.63) is 69.9 Å². The maximum Gasteiger partial charge on any atom is 0.138 e. The number of amidine groups is 1. The normalized spacial score (nSPS) is 14.4. The van der Waals surface area contributed by atoms with E-state index in [2.05, 4.69) is 64.2 Å². The number of benzene rings is 2. The molecule has 24 heavy (non-hydrogen) atoms. The molecule has 4 heteroatoms. The van der Waals surface area contributed by atoms with Crippen LogP contribution >= 0.6 is 23.1 Å². The van der Waals surface area contributed by atoms with Crippen molar-refractivity contribution in [3.63, 3.8) is 0 Å². The van der Waals surface area contributed by atoms with Gasteiger partial charge >= 0.3 is 0 Å². The molecule has 4 rings (SSSR count). The van der Waals surface area contributed by atoms with Gasteiger partial charge in [-0.05, 0) is 39.8 Å². The second-order valence-electron chi connectivity index (χ2n) is 5.92. The summed E-state index contributed by atoms with van der Waals surface area (Å²) in [5, 5.41) is 8.33. The van der Waals surface area contributed by atoms with Crippen LogP contribution in [0.25, 0.3) is 10.8 Å². The van der Waals surface area contributed by atoms with Gasteiger partial charge in [0.25, 0.3) is 0 Å². The van der Waals surface area contributed by atoms with Crippen molar-refractivity contribution in [2.45, 2.75) is 17.9 Å². The van der Waals surface area contributed by atoms with Crippen molar-refractivity contribution in [2.75, 3.05) is 13.1 Å². The van der Waals surface area contributed by atoms with Gasteiger partial charge in [0.2, 0.25) is 0 Å². The predicted octanol–water partition coefficient (Wildman–Crippen LogP) is 5.07. The summed E-state index contributed by atoms with van der Waals surface area (Å²) in [6.07, 6.45) is 1.14. The molecule has 0 saturated carbocycles. The monoisotopic (exact) mass is 352 g/mol. The summed E-state index contributed by atoms with van der Waals surface area (Å²) in [6, 6.07) is 17.5. The molecule has 0 bridgehead atoms. The highest BCUT2D eigenvalue weighted by Crippen LogP contribution is 2.27. The number of fused-ring (bicyclic) bond motifs is 1. The van der Waals surface area contributed by atoms with Crippen LogP contribution in [0.4, 0.5) is 0 Å². The summed E-state index contributed by atoms with van der Waals surface area (Å²) in [5.41, 5.74) is 2.82. The van der Waals surface area contributed by atoms with E-state index in [0.29, 0.717) is 0 Å². The fourth-order valence-electron chi connectivity index (χ4n) is 3.03. The zero-order valence-corrected chi connectivity index (χ0v) is 15.1. The maximum absolute atomic E-state index is 4.65. The van der Waals surface area contributed by atoms with Crippen LogP contribution < -0.4 is 5.32 Å². The Labute approximate surface area is 151 Å². The standard InChI is InChI=1S/C20H20N2S2/c1-2-8-18-15(5-1)6-3-7-16(18)13-23-14-17-9-12-24-19(17)20-21-10-4-11-22-20/h1-3,5-9,12H,4,10-11,13-14H2,(H,21,22). The SMILES string of the molecule is c1ccc2c(CSCc3ccsc3C3=NCCCN3)cccc2c1. The lowest BCUT2D eigenvalue weighted by Gasteiger charge is -2.14. The number of nitrogens with one attached hydrogen (secondary N) is 1.